The molecule has 0 aliphatic rings. The minimum absolute atomic E-state index is 0.244. The number of amides is 1. The number of methoxy groups -OCH3 is 3. The molecule has 3 aromatic carbocycles. The van der Waals surface area contributed by atoms with Gasteiger partial charge >= 0.3 is 0 Å². The summed E-state index contributed by atoms with van der Waals surface area (Å²) in [4.78, 5) is 17.1. The van der Waals surface area contributed by atoms with E-state index in [2.05, 4.69) is 24.4 Å². The largest absolute Gasteiger partial charge is 0.493 e. The predicted molar refractivity (Wildman–Crippen MR) is 134 cm³/mol. The summed E-state index contributed by atoms with van der Waals surface area (Å²) in [6.07, 6.45) is 3.15. The lowest BCUT2D eigenvalue weighted by Gasteiger charge is -2.12. The van der Waals surface area contributed by atoms with Gasteiger partial charge in [0.1, 0.15) is 5.01 Å². The number of aromatic nitrogens is 1. The Kier molecular flexibility index (Phi) is 6.60. The molecule has 0 aliphatic carbocycles. The second-order valence-electron chi connectivity index (χ2n) is 7.35. The van der Waals surface area contributed by atoms with E-state index in [4.69, 9.17) is 19.2 Å². The van der Waals surface area contributed by atoms with Crippen molar-refractivity contribution in [2.75, 3.05) is 26.6 Å². The molecular formula is C26H24N2O4S. The molecule has 4 aromatic rings. The molecule has 0 fully saturated rings. The third kappa shape index (κ3) is 4.99. The van der Waals surface area contributed by atoms with Crippen LogP contribution in [0.3, 0.4) is 0 Å². The van der Waals surface area contributed by atoms with Crippen LogP contribution in [0.5, 0.6) is 17.2 Å². The molecule has 1 aromatic heterocycles. The third-order valence-corrected chi connectivity index (χ3v) is 6.12. The van der Waals surface area contributed by atoms with Crippen molar-refractivity contribution in [3.8, 4) is 27.8 Å². The topological polar surface area (TPSA) is 69.7 Å². The maximum atomic E-state index is 12.4. The number of benzene rings is 3. The molecule has 4 rings (SSSR count). The van der Waals surface area contributed by atoms with E-state index in [1.54, 1.807) is 50.9 Å². The third-order valence-electron chi connectivity index (χ3n) is 5.06. The van der Waals surface area contributed by atoms with Crippen LogP contribution >= 0.6 is 11.3 Å². The number of hydrogen-bond acceptors (Lipinski definition) is 6. The van der Waals surface area contributed by atoms with Crippen molar-refractivity contribution in [2.45, 2.75) is 6.92 Å². The van der Waals surface area contributed by atoms with Crippen LogP contribution in [-0.2, 0) is 4.79 Å². The fraction of sp³-hybridized carbons (Fsp3) is 0.154. The zero-order chi connectivity index (χ0) is 23.4. The molecule has 33 heavy (non-hydrogen) atoms. The fourth-order valence-electron chi connectivity index (χ4n) is 3.40. The Bertz CT molecular complexity index is 1300. The molecule has 0 saturated heterocycles. The lowest BCUT2D eigenvalue weighted by Crippen LogP contribution is -2.07. The molecule has 1 amide bonds. The molecule has 1 heterocycles. The first-order chi connectivity index (χ1) is 16.0. The van der Waals surface area contributed by atoms with Crippen LogP contribution in [0.25, 0.3) is 26.9 Å². The molecular weight excluding hydrogens is 436 g/mol. The standard InChI is InChI=1S/C26H24N2O4S/c1-16-5-11-20-23(13-16)33-26(28-20)18-7-9-19(10-8-18)27-24(29)12-6-17-14-21(30-2)25(32-4)22(15-17)31-3/h5-15H,1-4H3,(H,27,29). The van der Waals surface area contributed by atoms with Crippen molar-refractivity contribution in [2.24, 2.45) is 0 Å². The molecule has 0 spiro atoms. The Hall–Kier alpha value is -3.84. The van der Waals surface area contributed by atoms with E-state index in [0.717, 1.165) is 21.7 Å². The number of fused-ring (bicyclic) bond motifs is 1. The van der Waals surface area contributed by atoms with Crippen molar-refractivity contribution in [3.63, 3.8) is 0 Å². The fourth-order valence-corrected chi connectivity index (χ4v) is 4.47. The van der Waals surface area contributed by atoms with Gasteiger partial charge in [0.05, 0.1) is 31.5 Å². The number of anilines is 1. The second kappa shape index (κ2) is 9.75. The highest BCUT2D eigenvalue weighted by Gasteiger charge is 2.12. The molecule has 0 saturated carbocycles. The second-order valence-corrected chi connectivity index (χ2v) is 8.38. The number of aryl methyl sites for hydroxylation is 1. The summed E-state index contributed by atoms with van der Waals surface area (Å²) in [5, 5.41) is 3.83. The van der Waals surface area contributed by atoms with Crippen LogP contribution in [0.1, 0.15) is 11.1 Å². The lowest BCUT2D eigenvalue weighted by molar-refractivity contribution is -0.111. The summed E-state index contributed by atoms with van der Waals surface area (Å²) in [5.41, 5.74) is 4.68. The van der Waals surface area contributed by atoms with Crippen LogP contribution < -0.4 is 19.5 Å². The van der Waals surface area contributed by atoms with E-state index in [-0.39, 0.29) is 5.91 Å². The van der Waals surface area contributed by atoms with Crippen molar-refractivity contribution in [1.82, 2.24) is 4.98 Å². The number of carbonyl (C=O) groups excluding carboxylic acids is 1. The normalized spacial score (nSPS) is 11.0. The summed E-state index contributed by atoms with van der Waals surface area (Å²) in [6.45, 7) is 2.08. The van der Waals surface area contributed by atoms with Gasteiger partial charge in [-0.05, 0) is 72.7 Å². The number of hydrogen-bond donors (Lipinski definition) is 1. The van der Waals surface area contributed by atoms with Crippen LogP contribution in [0.4, 0.5) is 5.69 Å². The summed E-state index contributed by atoms with van der Waals surface area (Å²) in [7, 11) is 4.65. The molecule has 0 radical (unpaired) electrons. The minimum Gasteiger partial charge on any atom is -0.493 e. The van der Waals surface area contributed by atoms with E-state index in [0.29, 0.717) is 22.9 Å². The average Bonchev–Trinajstić information content (AvgIpc) is 3.25. The molecule has 0 aliphatic heterocycles. The van der Waals surface area contributed by atoms with Crippen molar-refractivity contribution < 1.29 is 19.0 Å². The van der Waals surface area contributed by atoms with Gasteiger partial charge in [-0.3, -0.25) is 4.79 Å². The Morgan fingerprint density at radius 2 is 1.64 bits per heavy atom. The number of nitrogens with one attached hydrogen (secondary N) is 1. The van der Waals surface area contributed by atoms with Crippen molar-refractivity contribution in [1.29, 1.82) is 0 Å². The average molecular weight is 461 g/mol. The van der Waals surface area contributed by atoms with Crippen LogP contribution in [0.15, 0.2) is 60.7 Å². The Morgan fingerprint density at radius 3 is 2.27 bits per heavy atom. The zero-order valence-electron chi connectivity index (χ0n) is 18.8. The van der Waals surface area contributed by atoms with Crippen LogP contribution in [0, 0.1) is 6.92 Å². The monoisotopic (exact) mass is 460 g/mol. The maximum Gasteiger partial charge on any atom is 0.248 e. The number of carbonyl (C=O) groups is 1. The smallest absolute Gasteiger partial charge is 0.248 e. The number of thiazole rings is 1. The highest BCUT2D eigenvalue weighted by molar-refractivity contribution is 7.21. The number of ether oxygens (including phenoxy) is 3. The first kappa shape index (κ1) is 22.4. The molecule has 0 unspecified atom stereocenters. The van der Waals surface area contributed by atoms with Gasteiger partial charge in [-0.2, -0.15) is 0 Å². The van der Waals surface area contributed by atoms with Gasteiger partial charge in [0.25, 0.3) is 0 Å². The minimum atomic E-state index is -0.244. The van der Waals surface area contributed by atoms with Crippen LogP contribution in [-0.4, -0.2) is 32.2 Å². The molecule has 168 valence electrons. The van der Waals surface area contributed by atoms with Crippen molar-refractivity contribution in [3.05, 3.63) is 71.8 Å². The first-order valence-electron chi connectivity index (χ1n) is 10.3. The van der Waals surface area contributed by atoms with Gasteiger partial charge in [0, 0.05) is 17.3 Å². The highest BCUT2D eigenvalue weighted by Crippen LogP contribution is 2.38. The van der Waals surface area contributed by atoms with Gasteiger partial charge in [0.2, 0.25) is 11.7 Å². The maximum absolute atomic E-state index is 12.4. The summed E-state index contributed by atoms with van der Waals surface area (Å²) in [5.74, 6) is 1.31. The molecule has 6 nitrogen and oxygen atoms in total. The summed E-state index contributed by atoms with van der Waals surface area (Å²) in [6, 6.07) is 17.5. The highest BCUT2D eigenvalue weighted by atomic mass is 32.1. The van der Waals surface area contributed by atoms with E-state index in [1.807, 2.05) is 30.3 Å². The van der Waals surface area contributed by atoms with Gasteiger partial charge in [0.15, 0.2) is 11.5 Å². The lowest BCUT2D eigenvalue weighted by atomic mass is 10.1. The van der Waals surface area contributed by atoms with Crippen molar-refractivity contribution >= 4 is 39.2 Å². The number of rotatable bonds is 7. The SMILES string of the molecule is COc1cc(C=CC(=O)Nc2ccc(-c3nc4ccc(C)cc4s3)cc2)cc(OC)c1OC. The molecule has 0 bridgehead atoms. The Morgan fingerprint density at radius 1 is 0.939 bits per heavy atom. The molecule has 1 N–H and O–H groups in total. The van der Waals surface area contributed by atoms with E-state index in [9.17, 15) is 4.79 Å². The quantitative estimate of drug-likeness (QED) is 0.345. The summed E-state index contributed by atoms with van der Waals surface area (Å²) < 4.78 is 17.2. The number of nitrogens with zero attached hydrogens (tertiary/aromatic N) is 1. The van der Waals surface area contributed by atoms with E-state index >= 15 is 0 Å². The molecule has 0 atom stereocenters. The summed E-state index contributed by atoms with van der Waals surface area (Å²) >= 11 is 1.66. The molecule has 7 heteroatoms. The van der Waals surface area contributed by atoms with Gasteiger partial charge in [-0.15, -0.1) is 11.3 Å². The van der Waals surface area contributed by atoms with E-state index in [1.165, 1.54) is 16.3 Å². The predicted octanol–water partition coefficient (Wildman–Crippen LogP) is 5.95. The van der Waals surface area contributed by atoms with Gasteiger partial charge < -0.3 is 19.5 Å². The van der Waals surface area contributed by atoms with E-state index < -0.39 is 0 Å². The first-order valence-corrected chi connectivity index (χ1v) is 11.1. The Balaban J connectivity index is 1.46. The Labute approximate surface area is 196 Å². The van der Waals surface area contributed by atoms with Crippen LogP contribution in [0.2, 0.25) is 0 Å². The zero-order valence-corrected chi connectivity index (χ0v) is 19.7. The van der Waals surface area contributed by atoms with Gasteiger partial charge in [-0.25, -0.2) is 4.98 Å². The van der Waals surface area contributed by atoms with Gasteiger partial charge in [-0.1, -0.05) is 6.07 Å².